The van der Waals surface area contributed by atoms with Crippen LogP contribution >= 0.6 is 0 Å². The Morgan fingerprint density at radius 1 is 1.40 bits per heavy atom. The number of nitrogens with two attached hydrogens (primary N) is 2. The summed E-state index contributed by atoms with van der Waals surface area (Å²) < 4.78 is 0. The lowest BCUT2D eigenvalue weighted by molar-refractivity contribution is 0.0949. The molecular formula is C7H12N6O2. The van der Waals surface area contributed by atoms with E-state index in [0.717, 1.165) is 0 Å². The second-order valence-corrected chi connectivity index (χ2v) is 2.75. The maximum atomic E-state index is 11.3. The predicted octanol–water partition coefficient (Wildman–Crippen LogP) is -1.61. The molecule has 1 aromatic rings. The van der Waals surface area contributed by atoms with Gasteiger partial charge in [-0.25, -0.2) is 4.79 Å². The van der Waals surface area contributed by atoms with E-state index in [1.165, 1.54) is 6.07 Å². The first kappa shape index (κ1) is 10.8. The number of primary amides is 1. The second kappa shape index (κ2) is 4.84. The van der Waals surface area contributed by atoms with Gasteiger partial charge in [0.25, 0.3) is 5.91 Å². The van der Waals surface area contributed by atoms with E-state index in [9.17, 15) is 9.59 Å². The zero-order valence-electron chi connectivity index (χ0n) is 7.91. The number of hydrogen-bond acceptors (Lipinski definition) is 4. The summed E-state index contributed by atoms with van der Waals surface area (Å²) in [5.74, 6) is -0.0964. The van der Waals surface area contributed by atoms with E-state index in [0.29, 0.717) is 0 Å². The number of hydrogen-bond donors (Lipinski definition) is 5. The number of aromatic amines is 1. The Labute approximate surface area is 85.4 Å². The average Bonchev–Trinajstić information content (AvgIpc) is 2.59. The Bertz CT molecular complexity index is 360. The van der Waals surface area contributed by atoms with Crippen molar-refractivity contribution >= 4 is 17.8 Å². The first-order valence-electron chi connectivity index (χ1n) is 4.22. The Morgan fingerprint density at radius 2 is 2.07 bits per heavy atom. The lowest BCUT2D eigenvalue weighted by atomic mass is 10.4. The number of H-pyrrole nitrogens is 1. The molecule has 0 aliphatic carbocycles. The Morgan fingerprint density at radius 3 is 2.60 bits per heavy atom. The summed E-state index contributed by atoms with van der Waals surface area (Å²) in [7, 11) is 0. The summed E-state index contributed by atoms with van der Waals surface area (Å²) in [6, 6.07) is 0.784. The van der Waals surface area contributed by atoms with E-state index in [-0.39, 0.29) is 30.5 Å². The number of nitrogens with one attached hydrogen (secondary N) is 3. The third-order valence-electron chi connectivity index (χ3n) is 1.55. The molecule has 0 aromatic carbocycles. The molecule has 15 heavy (non-hydrogen) atoms. The van der Waals surface area contributed by atoms with E-state index in [1.54, 1.807) is 0 Å². The summed E-state index contributed by atoms with van der Waals surface area (Å²) in [6.07, 6.45) is 0. The molecule has 3 amide bonds. The number of nitrogen functional groups attached to an aromatic ring is 1. The highest BCUT2D eigenvalue weighted by atomic mass is 16.2. The van der Waals surface area contributed by atoms with Crippen LogP contribution in [-0.2, 0) is 0 Å². The zero-order chi connectivity index (χ0) is 11.3. The van der Waals surface area contributed by atoms with Gasteiger partial charge in [0, 0.05) is 19.2 Å². The van der Waals surface area contributed by atoms with E-state index >= 15 is 0 Å². The van der Waals surface area contributed by atoms with Crippen molar-refractivity contribution in [2.75, 3.05) is 18.8 Å². The standard InChI is InChI=1S/C7H12N6O2/c8-5-3-4(12-13-5)6(14)10-1-2-11-7(9)15/h3H,1-2H2,(H,10,14)(H3,8,12,13)(H3,9,11,15). The molecule has 0 aliphatic heterocycles. The van der Waals surface area contributed by atoms with Crippen LogP contribution in [0, 0.1) is 0 Å². The topological polar surface area (TPSA) is 139 Å². The number of urea groups is 1. The van der Waals surface area contributed by atoms with Gasteiger partial charge in [0.15, 0.2) is 0 Å². The van der Waals surface area contributed by atoms with Crippen LogP contribution in [-0.4, -0.2) is 35.2 Å². The fourth-order valence-electron chi connectivity index (χ4n) is 0.910. The molecule has 0 radical (unpaired) electrons. The summed E-state index contributed by atoms with van der Waals surface area (Å²) >= 11 is 0. The van der Waals surface area contributed by atoms with E-state index < -0.39 is 6.03 Å². The number of carbonyl (C=O) groups excluding carboxylic acids is 2. The summed E-state index contributed by atoms with van der Waals surface area (Å²) in [6.45, 7) is 0.547. The molecule has 8 nitrogen and oxygen atoms in total. The number of anilines is 1. The van der Waals surface area contributed by atoms with Gasteiger partial charge < -0.3 is 22.1 Å². The average molecular weight is 212 g/mol. The first-order valence-corrected chi connectivity index (χ1v) is 4.22. The van der Waals surface area contributed by atoms with Gasteiger partial charge in [0.05, 0.1) is 0 Å². The summed E-state index contributed by atoms with van der Waals surface area (Å²) in [5.41, 5.74) is 10.4. The zero-order valence-corrected chi connectivity index (χ0v) is 7.91. The molecule has 0 atom stereocenters. The van der Waals surface area contributed by atoms with Crippen molar-refractivity contribution in [3.8, 4) is 0 Å². The van der Waals surface area contributed by atoms with Gasteiger partial charge in [-0.1, -0.05) is 0 Å². The molecule has 82 valence electrons. The number of rotatable bonds is 4. The fraction of sp³-hybridized carbons (Fsp3) is 0.286. The summed E-state index contributed by atoms with van der Waals surface area (Å²) in [5, 5.41) is 10.9. The molecular weight excluding hydrogens is 200 g/mol. The SMILES string of the molecule is NC(=O)NCCNC(=O)c1cc(N)n[nH]1. The van der Waals surface area contributed by atoms with Gasteiger partial charge in [0.2, 0.25) is 0 Å². The highest BCUT2D eigenvalue weighted by molar-refractivity contribution is 5.92. The van der Waals surface area contributed by atoms with Gasteiger partial charge in [-0.2, -0.15) is 5.10 Å². The molecule has 0 aliphatic rings. The minimum absolute atomic E-state index is 0.246. The van der Waals surface area contributed by atoms with Crippen molar-refractivity contribution in [2.45, 2.75) is 0 Å². The van der Waals surface area contributed by atoms with Crippen molar-refractivity contribution in [1.29, 1.82) is 0 Å². The molecule has 1 rings (SSSR count). The molecule has 1 heterocycles. The number of carbonyl (C=O) groups is 2. The molecule has 8 heteroatoms. The Hall–Kier alpha value is -2.25. The maximum Gasteiger partial charge on any atom is 0.312 e. The van der Waals surface area contributed by atoms with Crippen molar-refractivity contribution in [3.05, 3.63) is 11.8 Å². The molecule has 0 fully saturated rings. The second-order valence-electron chi connectivity index (χ2n) is 2.75. The third kappa shape index (κ3) is 3.55. The van der Waals surface area contributed by atoms with Gasteiger partial charge in [-0.15, -0.1) is 0 Å². The van der Waals surface area contributed by atoms with Gasteiger partial charge in [-0.3, -0.25) is 9.89 Å². The molecule has 0 saturated carbocycles. The minimum atomic E-state index is -0.630. The number of aromatic nitrogens is 2. The van der Waals surface area contributed by atoms with Crippen LogP contribution < -0.4 is 22.1 Å². The van der Waals surface area contributed by atoms with Crippen molar-refractivity contribution in [2.24, 2.45) is 5.73 Å². The lowest BCUT2D eigenvalue weighted by Gasteiger charge is -2.03. The van der Waals surface area contributed by atoms with E-state index in [4.69, 9.17) is 11.5 Å². The molecule has 0 saturated heterocycles. The Balaban J connectivity index is 2.28. The largest absolute Gasteiger partial charge is 0.382 e. The maximum absolute atomic E-state index is 11.3. The highest BCUT2D eigenvalue weighted by Crippen LogP contribution is 1.98. The van der Waals surface area contributed by atoms with Crippen molar-refractivity contribution < 1.29 is 9.59 Å². The highest BCUT2D eigenvalue weighted by Gasteiger charge is 2.07. The van der Waals surface area contributed by atoms with Crippen molar-refractivity contribution in [3.63, 3.8) is 0 Å². The molecule has 0 bridgehead atoms. The van der Waals surface area contributed by atoms with Crippen molar-refractivity contribution in [1.82, 2.24) is 20.8 Å². The number of nitrogens with zero attached hydrogens (tertiary/aromatic N) is 1. The van der Waals surface area contributed by atoms with Crippen LogP contribution in [0.4, 0.5) is 10.6 Å². The van der Waals surface area contributed by atoms with Crippen LogP contribution in [0.5, 0.6) is 0 Å². The lowest BCUT2D eigenvalue weighted by Crippen LogP contribution is -2.37. The van der Waals surface area contributed by atoms with Gasteiger partial charge >= 0.3 is 6.03 Å². The van der Waals surface area contributed by atoms with E-state index in [1.807, 2.05) is 0 Å². The fourth-order valence-corrected chi connectivity index (χ4v) is 0.910. The molecule has 0 unspecified atom stereocenters. The quantitative estimate of drug-likeness (QED) is 0.383. The van der Waals surface area contributed by atoms with Gasteiger partial charge in [0.1, 0.15) is 11.5 Å². The monoisotopic (exact) mass is 212 g/mol. The van der Waals surface area contributed by atoms with Crippen LogP contribution in [0.25, 0.3) is 0 Å². The van der Waals surface area contributed by atoms with Crippen LogP contribution in [0.1, 0.15) is 10.5 Å². The minimum Gasteiger partial charge on any atom is -0.382 e. The molecule has 0 spiro atoms. The molecule has 7 N–H and O–H groups in total. The van der Waals surface area contributed by atoms with E-state index in [2.05, 4.69) is 20.8 Å². The predicted molar refractivity (Wildman–Crippen MR) is 52.9 cm³/mol. The van der Waals surface area contributed by atoms with Crippen LogP contribution in [0.2, 0.25) is 0 Å². The Kier molecular flexibility index (Phi) is 3.49. The summed E-state index contributed by atoms with van der Waals surface area (Å²) in [4.78, 5) is 21.6. The van der Waals surface area contributed by atoms with Crippen LogP contribution in [0.3, 0.4) is 0 Å². The smallest absolute Gasteiger partial charge is 0.312 e. The normalized spacial score (nSPS) is 9.60. The first-order chi connectivity index (χ1) is 7.09. The third-order valence-corrected chi connectivity index (χ3v) is 1.55. The molecule has 1 aromatic heterocycles. The van der Waals surface area contributed by atoms with Gasteiger partial charge in [-0.05, 0) is 0 Å². The number of amides is 3. The van der Waals surface area contributed by atoms with Crippen LogP contribution in [0.15, 0.2) is 6.07 Å².